The van der Waals surface area contributed by atoms with Gasteiger partial charge in [0.15, 0.2) is 0 Å². The van der Waals surface area contributed by atoms with Gasteiger partial charge in [-0.1, -0.05) is 176 Å². The average Bonchev–Trinajstić information content (AvgIpc) is 3.72. The SMILES string of the molecule is c1ccc(-c2cccc(-c3ccc(-c4cccc(-c5ccccc5)c4)c4cc5cc(-n6c(-c7ccccc7)ccc6-c6ccccc6)ccc5cc34)c2)cc1. The van der Waals surface area contributed by atoms with E-state index in [2.05, 4.69) is 229 Å². The maximum atomic E-state index is 2.41. The van der Waals surface area contributed by atoms with E-state index in [1.807, 2.05) is 0 Å². The topological polar surface area (TPSA) is 4.93 Å². The maximum Gasteiger partial charge on any atom is 0.0535 e. The first-order valence-corrected chi connectivity index (χ1v) is 18.9. The lowest BCUT2D eigenvalue weighted by Crippen LogP contribution is -1.99. The molecule has 0 fully saturated rings. The van der Waals surface area contributed by atoms with Crippen LogP contribution in [-0.2, 0) is 0 Å². The van der Waals surface area contributed by atoms with Gasteiger partial charge in [0, 0.05) is 5.69 Å². The summed E-state index contributed by atoms with van der Waals surface area (Å²) in [7, 11) is 0. The van der Waals surface area contributed by atoms with Gasteiger partial charge in [-0.25, -0.2) is 0 Å². The molecule has 0 aliphatic carbocycles. The molecule has 0 N–H and O–H groups in total. The third-order valence-electron chi connectivity index (χ3n) is 10.8. The van der Waals surface area contributed by atoms with Crippen LogP contribution in [0, 0.1) is 0 Å². The summed E-state index contributed by atoms with van der Waals surface area (Å²) in [4.78, 5) is 0. The third-order valence-corrected chi connectivity index (χ3v) is 10.8. The second kappa shape index (κ2) is 14.0. The molecule has 0 spiro atoms. The Hall–Kier alpha value is -7.22. The zero-order valence-corrected chi connectivity index (χ0v) is 30.3. The second-order valence-corrected chi connectivity index (χ2v) is 14.2. The van der Waals surface area contributed by atoms with Crippen LogP contribution < -0.4 is 0 Å². The predicted octanol–water partition coefficient (Wildman–Crippen LogP) is 14.8. The summed E-state index contributed by atoms with van der Waals surface area (Å²) in [6, 6.07) is 81.5. The molecule has 0 saturated heterocycles. The Bertz CT molecular complexity index is 2880. The van der Waals surface area contributed by atoms with Crippen LogP contribution in [0.2, 0.25) is 0 Å². The van der Waals surface area contributed by atoms with E-state index in [9.17, 15) is 0 Å². The van der Waals surface area contributed by atoms with E-state index in [-0.39, 0.29) is 0 Å². The molecule has 0 radical (unpaired) electrons. The molecule has 9 aromatic carbocycles. The molecule has 55 heavy (non-hydrogen) atoms. The Morgan fingerprint density at radius 3 is 1.11 bits per heavy atom. The summed E-state index contributed by atoms with van der Waals surface area (Å²) in [5.74, 6) is 0. The van der Waals surface area contributed by atoms with Crippen molar-refractivity contribution in [1.29, 1.82) is 0 Å². The molecule has 0 unspecified atom stereocenters. The molecule has 0 atom stereocenters. The van der Waals surface area contributed by atoms with E-state index >= 15 is 0 Å². The minimum Gasteiger partial charge on any atom is -0.309 e. The first kappa shape index (κ1) is 32.4. The first-order valence-electron chi connectivity index (χ1n) is 18.9. The minimum absolute atomic E-state index is 1.13. The predicted molar refractivity (Wildman–Crippen MR) is 233 cm³/mol. The number of fused-ring (bicyclic) bond motifs is 2. The summed E-state index contributed by atoms with van der Waals surface area (Å²) in [5, 5.41) is 4.88. The van der Waals surface area contributed by atoms with E-state index < -0.39 is 0 Å². The Labute approximate surface area is 322 Å². The smallest absolute Gasteiger partial charge is 0.0535 e. The van der Waals surface area contributed by atoms with Crippen molar-refractivity contribution in [2.24, 2.45) is 0 Å². The fourth-order valence-electron chi connectivity index (χ4n) is 8.10. The summed E-state index contributed by atoms with van der Waals surface area (Å²) in [5.41, 5.74) is 15.6. The fraction of sp³-hybridized carbons (Fsp3) is 0. The van der Waals surface area contributed by atoms with Crippen LogP contribution in [0.4, 0.5) is 0 Å². The zero-order chi connectivity index (χ0) is 36.6. The number of rotatable bonds is 7. The number of benzene rings is 9. The Morgan fingerprint density at radius 1 is 0.236 bits per heavy atom. The number of hydrogen-bond acceptors (Lipinski definition) is 0. The highest BCUT2D eigenvalue weighted by atomic mass is 15.0. The molecule has 10 aromatic rings. The molecule has 1 aromatic heterocycles. The quantitative estimate of drug-likeness (QED) is 0.146. The van der Waals surface area contributed by atoms with Gasteiger partial charge in [-0.3, -0.25) is 0 Å². The van der Waals surface area contributed by atoms with Gasteiger partial charge in [0.05, 0.1) is 11.4 Å². The van der Waals surface area contributed by atoms with E-state index in [1.165, 1.54) is 88.6 Å². The van der Waals surface area contributed by atoms with E-state index in [4.69, 9.17) is 0 Å². The highest BCUT2D eigenvalue weighted by molar-refractivity contribution is 6.11. The van der Waals surface area contributed by atoms with Crippen molar-refractivity contribution in [2.75, 3.05) is 0 Å². The standard InChI is InChI=1S/C54H37N/c1-5-15-38(16-6-1)42-23-13-25-45(33-42)49-29-30-50(46-26-14-24-43(34-46)39-17-7-2-8-18-39)52-37-47-35-48(28-27-44(47)36-51(49)52)55-53(40-19-9-3-10-20-40)31-32-54(55)41-21-11-4-12-22-41/h1-37H. The molecular weight excluding hydrogens is 663 g/mol. The lowest BCUT2D eigenvalue weighted by Gasteiger charge is -2.17. The summed E-state index contributed by atoms with van der Waals surface area (Å²) < 4.78 is 2.41. The molecule has 0 aliphatic rings. The summed E-state index contributed by atoms with van der Waals surface area (Å²) >= 11 is 0. The normalized spacial score (nSPS) is 11.3. The molecule has 258 valence electrons. The van der Waals surface area contributed by atoms with Crippen molar-refractivity contribution in [3.05, 3.63) is 224 Å². The van der Waals surface area contributed by atoms with Crippen LogP contribution >= 0.6 is 0 Å². The minimum atomic E-state index is 1.13. The van der Waals surface area contributed by atoms with Crippen molar-refractivity contribution in [2.45, 2.75) is 0 Å². The van der Waals surface area contributed by atoms with Crippen LogP contribution in [0.5, 0.6) is 0 Å². The van der Waals surface area contributed by atoms with Gasteiger partial charge in [-0.05, 0) is 126 Å². The van der Waals surface area contributed by atoms with Gasteiger partial charge in [0.25, 0.3) is 0 Å². The molecule has 1 nitrogen and oxygen atoms in total. The Balaban J connectivity index is 1.20. The monoisotopic (exact) mass is 699 g/mol. The van der Waals surface area contributed by atoms with Gasteiger partial charge in [0.1, 0.15) is 0 Å². The van der Waals surface area contributed by atoms with Crippen LogP contribution in [-0.4, -0.2) is 4.57 Å². The van der Waals surface area contributed by atoms with Gasteiger partial charge in [-0.15, -0.1) is 0 Å². The van der Waals surface area contributed by atoms with Crippen LogP contribution in [0.25, 0.3) is 94.3 Å². The fourth-order valence-corrected chi connectivity index (χ4v) is 8.10. The largest absolute Gasteiger partial charge is 0.309 e. The van der Waals surface area contributed by atoms with Crippen LogP contribution in [0.1, 0.15) is 0 Å². The molecule has 1 heteroatoms. The summed E-state index contributed by atoms with van der Waals surface area (Å²) in [6.45, 7) is 0. The van der Waals surface area contributed by atoms with Gasteiger partial charge >= 0.3 is 0 Å². The average molecular weight is 700 g/mol. The van der Waals surface area contributed by atoms with Crippen molar-refractivity contribution in [3.63, 3.8) is 0 Å². The molecule has 0 aliphatic heterocycles. The van der Waals surface area contributed by atoms with Crippen molar-refractivity contribution < 1.29 is 0 Å². The number of hydrogen-bond donors (Lipinski definition) is 0. The zero-order valence-electron chi connectivity index (χ0n) is 30.3. The van der Waals surface area contributed by atoms with Crippen molar-refractivity contribution in [3.8, 4) is 72.7 Å². The molecule has 1 heterocycles. The van der Waals surface area contributed by atoms with E-state index in [0.717, 1.165) is 5.69 Å². The Kier molecular flexibility index (Phi) is 8.24. The van der Waals surface area contributed by atoms with Gasteiger partial charge < -0.3 is 4.57 Å². The van der Waals surface area contributed by atoms with Crippen molar-refractivity contribution >= 4 is 21.5 Å². The van der Waals surface area contributed by atoms with Crippen LogP contribution in [0.3, 0.4) is 0 Å². The second-order valence-electron chi connectivity index (χ2n) is 14.2. The molecule has 0 saturated carbocycles. The maximum absolute atomic E-state index is 2.41. The molecule has 10 rings (SSSR count). The molecular formula is C54H37N. The number of nitrogens with zero attached hydrogens (tertiary/aromatic N) is 1. The molecule has 0 bridgehead atoms. The van der Waals surface area contributed by atoms with Gasteiger partial charge in [-0.2, -0.15) is 0 Å². The number of aromatic nitrogens is 1. The third kappa shape index (κ3) is 6.12. The van der Waals surface area contributed by atoms with E-state index in [1.54, 1.807) is 0 Å². The van der Waals surface area contributed by atoms with Gasteiger partial charge in [0.2, 0.25) is 0 Å². The van der Waals surface area contributed by atoms with Crippen LogP contribution in [0.15, 0.2) is 224 Å². The lowest BCUT2D eigenvalue weighted by molar-refractivity contribution is 1.10. The van der Waals surface area contributed by atoms with Crippen molar-refractivity contribution in [1.82, 2.24) is 4.57 Å². The van der Waals surface area contributed by atoms with E-state index in [0.29, 0.717) is 0 Å². The highest BCUT2D eigenvalue weighted by Crippen LogP contribution is 2.41. The molecule has 0 amide bonds. The Morgan fingerprint density at radius 2 is 0.636 bits per heavy atom. The highest BCUT2D eigenvalue weighted by Gasteiger charge is 2.17. The summed E-state index contributed by atoms with van der Waals surface area (Å²) in [6.07, 6.45) is 0. The first-order chi connectivity index (χ1) is 27.3. The lowest BCUT2D eigenvalue weighted by atomic mass is 9.88.